The summed E-state index contributed by atoms with van der Waals surface area (Å²) in [6, 6.07) is 22.6. The first-order chi connectivity index (χ1) is 19.4. The quantitative estimate of drug-likeness (QED) is 0.321. The van der Waals surface area contributed by atoms with Crippen LogP contribution in [0.2, 0.25) is 0 Å². The van der Waals surface area contributed by atoms with E-state index in [9.17, 15) is 5.26 Å². The van der Waals surface area contributed by atoms with Crippen molar-refractivity contribution in [3.63, 3.8) is 0 Å². The summed E-state index contributed by atoms with van der Waals surface area (Å²) in [4.78, 5) is 0. The predicted octanol–water partition coefficient (Wildman–Crippen LogP) is 6.62. The van der Waals surface area contributed by atoms with Crippen LogP contribution in [0.15, 0.2) is 89.0 Å². The summed E-state index contributed by atoms with van der Waals surface area (Å²) in [5.41, 5.74) is 17.1. The van der Waals surface area contributed by atoms with Crippen molar-refractivity contribution in [3.05, 3.63) is 123 Å². The standard InChI is InChI=1S/C33H32N6O/c1-20-28(22(3)38(36-20)25-13-7-5-8-14-25)18-24-12-11-17-27-31(29(19-34)33(35)40-32(24)27)30-21(2)37-39(23(30)4)26-15-9-6-10-16-26/h5-10,13-16,18,31H,11-12,17,35H2,1-4H3/b24-18+/t31-/m0/s1. The zero-order valence-corrected chi connectivity index (χ0v) is 23.3. The van der Waals surface area contributed by atoms with E-state index >= 15 is 0 Å². The molecule has 2 aromatic heterocycles. The SMILES string of the molecule is Cc1nn(-c2ccccc2)c(C)c1/C=C1\CCCC2=C1OC(N)=C(C#N)[C@H]2c1c(C)nn(-c2ccccc2)c1C. The van der Waals surface area contributed by atoms with Gasteiger partial charge in [0.1, 0.15) is 17.4 Å². The molecule has 3 heterocycles. The van der Waals surface area contributed by atoms with Crippen molar-refractivity contribution in [2.24, 2.45) is 5.73 Å². The molecule has 0 saturated heterocycles. The van der Waals surface area contributed by atoms with Crippen molar-refractivity contribution in [2.75, 3.05) is 0 Å². The molecule has 0 saturated carbocycles. The highest BCUT2D eigenvalue weighted by Crippen LogP contribution is 2.48. The molecule has 6 rings (SSSR count). The highest BCUT2D eigenvalue weighted by atomic mass is 16.5. The third-order valence-electron chi connectivity index (χ3n) is 8.01. The van der Waals surface area contributed by atoms with E-state index in [4.69, 9.17) is 20.7 Å². The van der Waals surface area contributed by atoms with Gasteiger partial charge in [-0.05, 0) is 88.4 Å². The Balaban J connectivity index is 1.49. The lowest BCUT2D eigenvalue weighted by Crippen LogP contribution is -2.24. The summed E-state index contributed by atoms with van der Waals surface area (Å²) < 4.78 is 10.2. The summed E-state index contributed by atoms with van der Waals surface area (Å²) in [6.45, 7) is 8.20. The predicted molar refractivity (Wildman–Crippen MR) is 156 cm³/mol. The molecular formula is C33H32N6O. The normalized spacial score (nSPS) is 18.1. The monoisotopic (exact) mass is 528 g/mol. The summed E-state index contributed by atoms with van der Waals surface area (Å²) in [5.74, 6) is 0.646. The molecule has 2 N–H and O–H groups in total. The van der Waals surface area contributed by atoms with Gasteiger partial charge < -0.3 is 10.5 Å². The zero-order chi connectivity index (χ0) is 28.0. The molecule has 1 aliphatic heterocycles. The Morgan fingerprint density at radius 2 is 1.48 bits per heavy atom. The van der Waals surface area contributed by atoms with E-state index in [1.54, 1.807) is 0 Å². The smallest absolute Gasteiger partial charge is 0.205 e. The lowest BCUT2D eigenvalue weighted by Gasteiger charge is -2.33. The number of aryl methyl sites for hydroxylation is 2. The first-order valence-electron chi connectivity index (χ1n) is 13.6. The molecule has 40 heavy (non-hydrogen) atoms. The van der Waals surface area contributed by atoms with Crippen molar-refractivity contribution >= 4 is 6.08 Å². The van der Waals surface area contributed by atoms with E-state index in [1.165, 1.54) is 0 Å². The van der Waals surface area contributed by atoms with Crippen LogP contribution in [0, 0.1) is 39.0 Å². The fourth-order valence-electron chi connectivity index (χ4n) is 6.12. The van der Waals surface area contributed by atoms with Gasteiger partial charge in [-0.2, -0.15) is 15.5 Å². The first-order valence-corrected chi connectivity index (χ1v) is 13.6. The number of allylic oxidation sites excluding steroid dienone is 3. The van der Waals surface area contributed by atoms with Crippen LogP contribution >= 0.6 is 0 Å². The van der Waals surface area contributed by atoms with Crippen LogP contribution in [0.25, 0.3) is 17.5 Å². The lowest BCUT2D eigenvalue weighted by atomic mass is 9.76. The highest BCUT2D eigenvalue weighted by Gasteiger charge is 2.38. The molecule has 200 valence electrons. The zero-order valence-electron chi connectivity index (χ0n) is 23.3. The van der Waals surface area contributed by atoms with E-state index in [1.807, 2.05) is 71.7 Å². The maximum atomic E-state index is 10.2. The Hall–Kier alpha value is -4.83. The van der Waals surface area contributed by atoms with Gasteiger partial charge in [-0.25, -0.2) is 9.36 Å². The van der Waals surface area contributed by atoms with Gasteiger partial charge in [0.05, 0.1) is 28.7 Å². The van der Waals surface area contributed by atoms with Gasteiger partial charge in [0.15, 0.2) is 0 Å². The Morgan fingerprint density at radius 1 is 0.875 bits per heavy atom. The van der Waals surface area contributed by atoms with Gasteiger partial charge in [-0.1, -0.05) is 36.4 Å². The Morgan fingerprint density at radius 3 is 2.10 bits per heavy atom. The minimum absolute atomic E-state index is 0.165. The molecule has 7 heteroatoms. The average molecular weight is 529 g/mol. The number of nitrogens with two attached hydrogens (primary N) is 1. The van der Waals surface area contributed by atoms with Crippen molar-refractivity contribution in [3.8, 4) is 17.4 Å². The summed E-state index contributed by atoms with van der Waals surface area (Å²) in [6.07, 6.45) is 4.84. The van der Waals surface area contributed by atoms with Crippen LogP contribution in [0.5, 0.6) is 0 Å². The van der Waals surface area contributed by atoms with Crippen LogP contribution in [0.4, 0.5) is 0 Å². The molecule has 7 nitrogen and oxygen atoms in total. The fourth-order valence-corrected chi connectivity index (χ4v) is 6.12. The maximum absolute atomic E-state index is 10.2. The number of para-hydroxylation sites is 2. The van der Waals surface area contributed by atoms with Gasteiger partial charge in [-0.15, -0.1) is 0 Å². The molecule has 2 aromatic carbocycles. The second kappa shape index (κ2) is 10.0. The van der Waals surface area contributed by atoms with Crippen molar-refractivity contribution in [2.45, 2.75) is 52.9 Å². The molecule has 0 amide bonds. The fraction of sp³-hybridized carbons (Fsp3) is 0.242. The van der Waals surface area contributed by atoms with Crippen molar-refractivity contribution in [1.29, 1.82) is 5.26 Å². The number of aromatic nitrogens is 4. The van der Waals surface area contributed by atoms with E-state index in [-0.39, 0.29) is 11.8 Å². The summed E-state index contributed by atoms with van der Waals surface area (Å²) in [5, 5.41) is 19.9. The molecule has 0 bridgehead atoms. The third-order valence-corrected chi connectivity index (χ3v) is 8.01. The Bertz CT molecular complexity index is 1750. The van der Waals surface area contributed by atoms with Gasteiger partial charge in [-0.3, -0.25) is 0 Å². The number of nitriles is 1. The van der Waals surface area contributed by atoms with Crippen LogP contribution in [-0.2, 0) is 4.74 Å². The van der Waals surface area contributed by atoms with Crippen molar-refractivity contribution in [1.82, 2.24) is 19.6 Å². The molecular weight excluding hydrogens is 496 g/mol. The van der Waals surface area contributed by atoms with Crippen LogP contribution in [0.3, 0.4) is 0 Å². The second-order valence-corrected chi connectivity index (χ2v) is 10.5. The molecule has 2 aliphatic rings. The molecule has 4 aromatic rings. The van der Waals surface area contributed by atoms with Gasteiger partial charge in [0.25, 0.3) is 0 Å². The molecule has 1 atom stereocenters. The summed E-state index contributed by atoms with van der Waals surface area (Å²) in [7, 11) is 0. The molecule has 1 aliphatic carbocycles. The second-order valence-electron chi connectivity index (χ2n) is 10.5. The topological polar surface area (TPSA) is 94.7 Å². The van der Waals surface area contributed by atoms with Crippen LogP contribution < -0.4 is 5.73 Å². The highest BCUT2D eigenvalue weighted by molar-refractivity contribution is 5.65. The molecule has 0 spiro atoms. The average Bonchev–Trinajstić information content (AvgIpc) is 3.42. The van der Waals surface area contributed by atoms with Gasteiger partial charge in [0, 0.05) is 22.5 Å². The number of ether oxygens (including phenoxy) is 1. The van der Waals surface area contributed by atoms with E-state index < -0.39 is 0 Å². The number of benzene rings is 2. The third kappa shape index (κ3) is 4.13. The van der Waals surface area contributed by atoms with Crippen molar-refractivity contribution < 1.29 is 4.74 Å². The van der Waals surface area contributed by atoms with E-state index in [0.29, 0.717) is 5.57 Å². The molecule has 0 unspecified atom stereocenters. The number of hydrogen-bond donors (Lipinski definition) is 1. The first kappa shape index (κ1) is 25.4. The summed E-state index contributed by atoms with van der Waals surface area (Å²) >= 11 is 0. The Kier molecular flexibility index (Phi) is 6.39. The number of rotatable bonds is 4. The van der Waals surface area contributed by atoms with Gasteiger partial charge >= 0.3 is 0 Å². The number of hydrogen-bond acceptors (Lipinski definition) is 5. The minimum atomic E-state index is -0.302. The van der Waals surface area contributed by atoms with E-state index in [0.717, 1.165) is 81.4 Å². The van der Waals surface area contributed by atoms with E-state index in [2.05, 4.69) is 38.1 Å². The lowest BCUT2D eigenvalue weighted by molar-refractivity contribution is 0.277. The molecule has 0 radical (unpaired) electrons. The maximum Gasteiger partial charge on any atom is 0.205 e. The molecule has 0 fully saturated rings. The van der Waals surface area contributed by atoms with Crippen LogP contribution in [0.1, 0.15) is 59.1 Å². The minimum Gasteiger partial charge on any atom is -0.440 e. The number of nitrogens with zero attached hydrogens (tertiary/aromatic N) is 5. The van der Waals surface area contributed by atoms with Gasteiger partial charge in [0.2, 0.25) is 5.88 Å². The Labute approximate surface area is 234 Å². The largest absolute Gasteiger partial charge is 0.440 e. The van der Waals surface area contributed by atoms with Crippen LogP contribution in [-0.4, -0.2) is 19.6 Å².